The van der Waals surface area contributed by atoms with Gasteiger partial charge >= 0.3 is 0 Å². The minimum atomic E-state index is -0.644. The normalized spacial score (nSPS) is 11.6. The summed E-state index contributed by atoms with van der Waals surface area (Å²) >= 11 is 0. The minimum Gasteiger partial charge on any atom is -0.197 e. The van der Waals surface area contributed by atoms with Gasteiger partial charge < -0.3 is 0 Å². The molecule has 1 aromatic carbocycles. The molecule has 0 saturated carbocycles. The quantitative estimate of drug-likeness (QED) is 0.124. The molecule has 2 rings (SSSR count). The molecule has 0 aliphatic carbocycles. The standard InChI is InChI=1S/C26H56P.C6H5N3/c1-5-9-12-15-18-21-24-27(8-4,25-22-19-16-13-10-6-2)26-23-20-17-14-11-7-3;1-2-4-6-5(3-1)7-9-8-6/h5-26H2,1-4H3;1-4H,(H,7,8,9)/q+1;. The Labute approximate surface area is 225 Å². The van der Waals surface area contributed by atoms with Crippen molar-refractivity contribution in [2.24, 2.45) is 0 Å². The van der Waals surface area contributed by atoms with E-state index in [0.29, 0.717) is 0 Å². The van der Waals surface area contributed by atoms with E-state index in [1.165, 1.54) is 122 Å². The molecule has 0 unspecified atom stereocenters. The van der Waals surface area contributed by atoms with E-state index in [0.717, 1.165) is 11.0 Å². The zero-order chi connectivity index (χ0) is 26.2. The molecule has 208 valence electrons. The third-order valence-electron chi connectivity index (χ3n) is 7.85. The zero-order valence-electron chi connectivity index (χ0n) is 24.7. The highest BCUT2D eigenvalue weighted by atomic mass is 31.2. The van der Waals surface area contributed by atoms with Gasteiger partial charge in [0.1, 0.15) is 11.0 Å². The van der Waals surface area contributed by atoms with Gasteiger partial charge in [-0.3, -0.25) is 0 Å². The molecule has 0 aliphatic heterocycles. The second-order valence-electron chi connectivity index (χ2n) is 10.9. The van der Waals surface area contributed by atoms with Gasteiger partial charge in [0.2, 0.25) is 0 Å². The SMILES string of the molecule is CCCCCCCC[P+](CC)(CCCCCCCC)CCCCCCCC.c1ccc2n[nH]nc2c1. The molecule has 1 N–H and O–H groups in total. The molecule has 3 nitrogen and oxygen atoms in total. The smallest absolute Gasteiger partial charge is 0.112 e. The summed E-state index contributed by atoms with van der Waals surface area (Å²) in [5.74, 6) is 0. The van der Waals surface area contributed by atoms with Gasteiger partial charge in [0.05, 0.1) is 24.6 Å². The van der Waals surface area contributed by atoms with Gasteiger partial charge in [-0.25, -0.2) is 0 Å². The lowest BCUT2D eigenvalue weighted by Gasteiger charge is -2.27. The molecular weight excluding hydrogens is 457 g/mol. The van der Waals surface area contributed by atoms with Gasteiger partial charge in [0.25, 0.3) is 0 Å². The fourth-order valence-electron chi connectivity index (χ4n) is 5.28. The lowest BCUT2D eigenvalue weighted by atomic mass is 10.1. The van der Waals surface area contributed by atoms with Gasteiger partial charge in [-0.2, -0.15) is 15.4 Å². The highest BCUT2D eigenvalue weighted by Gasteiger charge is 2.33. The molecule has 0 radical (unpaired) electrons. The van der Waals surface area contributed by atoms with Crippen molar-refractivity contribution in [3.8, 4) is 0 Å². The van der Waals surface area contributed by atoms with Gasteiger partial charge in [0, 0.05) is 7.26 Å². The number of unbranched alkanes of at least 4 members (excludes halogenated alkanes) is 15. The van der Waals surface area contributed by atoms with Gasteiger partial charge in [0.15, 0.2) is 0 Å². The van der Waals surface area contributed by atoms with Crippen LogP contribution in [0.4, 0.5) is 0 Å². The highest BCUT2D eigenvalue weighted by molar-refractivity contribution is 7.75. The molecule has 0 atom stereocenters. The zero-order valence-corrected chi connectivity index (χ0v) is 25.6. The van der Waals surface area contributed by atoms with Gasteiger partial charge in [-0.15, -0.1) is 0 Å². The first-order valence-electron chi connectivity index (χ1n) is 15.8. The Balaban J connectivity index is 0.000000587. The van der Waals surface area contributed by atoms with Crippen molar-refractivity contribution in [1.29, 1.82) is 0 Å². The summed E-state index contributed by atoms with van der Waals surface area (Å²) in [5.41, 5.74) is 1.83. The Bertz CT molecular complexity index is 643. The summed E-state index contributed by atoms with van der Waals surface area (Å²) in [6.07, 6.45) is 32.9. The van der Waals surface area contributed by atoms with Crippen LogP contribution in [0.15, 0.2) is 24.3 Å². The maximum Gasteiger partial charge on any atom is 0.112 e. The average molecular weight is 519 g/mol. The maximum atomic E-state index is 3.88. The molecule has 0 aliphatic rings. The Morgan fingerprint density at radius 2 is 0.833 bits per heavy atom. The van der Waals surface area contributed by atoms with Crippen molar-refractivity contribution in [3.05, 3.63) is 24.3 Å². The average Bonchev–Trinajstić information content (AvgIpc) is 3.39. The Morgan fingerprint density at radius 1 is 0.500 bits per heavy atom. The van der Waals surface area contributed by atoms with Crippen LogP contribution in [0.5, 0.6) is 0 Å². The molecule has 0 fully saturated rings. The van der Waals surface area contributed by atoms with Crippen LogP contribution in [0.2, 0.25) is 0 Å². The monoisotopic (exact) mass is 518 g/mol. The highest BCUT2D eigenvalue weighted by Crippen LogP contribution is 2.60. The van der Waals surface area contributed by atoms with Crippen molar-refractivity contribution in [1.82, 2.24) is 15.4 Å². The molecule has 1 aromatic heterocycles. The van der Waals surface area contributed by atoms with Crippen LogP contribution in [0.25, 0.3) is 11.0 Å². The Morgan fingerprint density at radius 3 is 1.17 bits per heavy atom. The van der Waals surface area contributed by atoms with Crippen LogP contribution in [0.3, 0.4) is 0 Å². The van der Waals surface area contributed by atoms with Crippen molar-refractivity contribution >= 4 is 18.3 Å². The fraction of sp³-hybridized carbons (Fsp3) is 0.812. The summed E-state index contributed by atoms with van der Waals surface area (Å²) in [6.45, 7) is 9.52. The van der Waals surface area contributed by atoms with Crippen LogP contribution in [0, 0.1) is 0 Å². The number of aromatic nitrogens is 3. The Kier molecular flexibility index (Phi) is 21.3. The van der Waals surface area contributed by atoms with Gasteiger partial charge in [-0.05, 0) is 57.6 Å². The molecule has 0 amide bonds. The van der Waals surface area contributed by atoms with E-state index in [2.05, 4.69) is 43.1 Å². The second-order valence-corrected chi connectivity index (χ2v) is 15.6. The van der Waals surface area contributed by atoms with Crippen LogP contribution in [0.1, 0.15) is 143 Å². The first-order chi connectivity index (χ1) is 17.7. The third-order valence-corrected chi connectivity index (χ3v) is 13.0. The number of fused-ring (bicyclic) bond motifs is 1. The number of nitrogens with one attached hydrogen (secondary N) is 1. The lowest BCUT2D eigenvalue weighted by molar-refractivity contribution is 0.615. The van der Waals surface area contributed by atoms with Crippen LogP contribution < -0.4 is 0 Å². The predicted octanol–water partition coefficient (Wildman–Crippen LogP) is 11.1. The molecule has 0 bridgehead atoms. The maximum absolute atomic E-state index is 3.88. The van der Waals surface area contributed by atoms with Crippen LogP contribution >= 0.6 is 7.26 Å². The lowest BCUT2D eigenvalue weighted by Crippen LogP contribution is -2.11. The van der Waals surface area contributed by atoms with E-state index in [9.17, 15) is 0 Å². The van der Waals surface area contributed by atoms with E-state index in [1.54, 1.807) is 18.5 Å². The number of hydrogen-bond donors (Lipinski definition) is 1. The number of nitrogens with zero attached hydrogens (tertiary/aromatic N) is 2. The molecule has 0 spiro atoms. The molecule has 0 saturated heterocycles. The van der Waals surface area contributed by atoms with Crippen molar-refractivity contribution in [2.75, 3.05) is 24.6 Å². The van der Waals surface area contributed by atoms with Crippen molar-refractivity contribution in [2.45, 2.75) is 143 Å². The fourth-order valence-corrected chi connectivity index (χ4v) is 9.58. The Hall–Kier alpha value is -0.950. The summed E-state index contributed by atoms with van der Waals surface area (Å²) in [7, 11) is -0.644. The van der Waals surface area contributed by atoms with Crippen molar-refractivity contribution < 1.29 is 0 Å². The molecule has 1 heterocycles. The third kappa shape index (κ3) is 16.0. The molecular formula is C32H61N3P+. The second kappa shape index (κ2) is 23.2. The summed E-state index contributed by atoms with van der Waals surface area (Å²) in [6, 6.07) is 7.70. The first-order valence-corrected chi connectivity index (χ1v) is 18.3. The van der Waals surface area contributed by atoms with E-state index in [1.807, 2.05) is 24.3 Å². The number of aromatic amines is 1. The minimum absolute atomic E-state index is 0.644. The van der Waals surface area contributed by atoms with E-state index in [4.69, 9.17) is 0 Å². The number of rotatable bonds is 22. The predicted molar refractivity (Wildman–Crippen MR) is 166 cm³/mol. The molecule has 4 heteroatoms. The molecule has 36 heavy (non-hydrogen) atoms. The number of para-hydroxylation sites is 2. The first kappa shape index (κ1) is 33.1. The van der Waals surface area contributed by atoms with Crippen molar-refractivity contribution in [3.63, 3.8) is 0 Å². The van der Waals surface area contributed by atoms with E-state index < -0.39 is 7.26 Å². The summed E-state index contributed by atoms with van der Waals surface area (Å²) in [4.78, 5) is 0. The van der Waals surface area contributed by atoms with Gasteiger partial charge in [-0.1, -0.05) is 110 Å². The number of benzene rings is 1. The van der Waals surface area contributed by atoms with Crippen LogP contribution in [-0.2, 0) is 0 Å². The largest absolute Gasteiger partial charge is 0.197 e. The van der Waals surface area contributed by atoms with E-state index in [-0.39, 0.29) is 0 Å². The number of hydrogen-bond acceptors (Lipinski definition) is 2. The topological polar surface area (TPSA) is 41.6 Å². The van der Waals surface area contributed by atoms with E-state index >= 15 is 0 Å². The van der Waals surface area contributed by atoms with Crippen LogP contribution in [-0.4, -0.2) is 40.1 Å². The molecule has 2 aromatic rings. The summed E-state index contributed by atoms with van der Waals surface area (Å²) in [5, 5.41) is 10.3. The summed E-state index contributed by atoms with van der Waals surface area (Å²) < 4.78 is 0. The number of H-pyrrole nitrogens is 1.